The van der Waals surface area contributed by atoms with Gasteiger partial charge in [0.15, 0.2) is 5.82 Å². The van der Waals surface area contributed by atoms with Gasteiger partial charge in [0.2, 0.25) is 5.91 Å². The fourth-order valence-electron chi connectivity index (χ4n) is 9.27. The number of nitrogens with zero attached hydrogens (tertiary/aromatic N) is 7. The van der Waals surface area contributed by atoms with Crippen LogP contribution >= 0.6 is 0 Å². The predicted molar refractivity (Wildman–Crippen MR) is 185 cm³/mol. The van der Waals surface area contributed by atoms with E-state index in [4.69, 9.17) is 9.72 Å². The number of hydrogen-bond acceptors (Lipinski definition) is 9. The molecule has 5 aromatic rings. The number of aryl methyl sites for hydroxylation is 2. The summed E-state index contributed by atoms with van der Waals surface area (Å²) in [4.78, 5) is 31.5. The van der Waals surface area contributed by atoms with Gasteiger partial charge in [-0.05, 0) is 91.6 Å². The lowest BCUT2D eigenvalue weighted by Gasteiger charge is -2.37. The third-order valence-electron chi connectivity index (χ3n) is 11.8. The maximum Gasteiger partial charge on any atom is 0.319 e. The number of aromatic hydroxyl groups is 1. The zero-order valence-corrected chi connectivity index (χ0v) is 28.5. The van der Waals surface area contributed by atoms with E-state index in [0.29, 0.717) is 66.4 Å². The van der Waals surface area contributed by atoms with Crippen LogP contribution in [0.1, 0.15) is 48.7 Å². The lowest BCUT2D eigenvalue weighted by Crippen LogP contribution is -2.43. The quantitative estimate of drug-likeness (QED) is 0.211. The Kier molecular flexibility index (Phi) is 7.50. The molecule has 3 aromatic heterocycles. The molecule has 1 aliphatic carbocycles. The zero-order valence-electron chi connectivity index (χ0n) is 28.5. The molecular weight excluding hydrogens is 659 g/mol. The number of carbonyl (C=O) groups excluding carboxylic acids is 1. The Morgan fingerprint density at radius 3 is 2.80 bits per heavy atom. The van der Waals surface area contributed by atoms with Gasteiger partial charge < -0.3 is 14.7 Å². The molecule has 264 valence electrons. The Morgan fingerprint density at radius 1 is 1.14 bits per heavy atom. The molecule has 0 unspecified atom stereocenters. The first-order chi connectivity index (χ1) is 24.6. The molecule has 10 nitrogen and oxygen atoms in total. The van der Waals surface area contributed by atoms with Gasteiger partial charge in [-0.1, -0.05) is 13.0 Å². The molecule has 6 heterocycles. The molecule has 0 spiro atoms. The van der Waals surface area contributed by atoms with Gasteiger partial charge >= 0.3 is 6.01 Å². The van der Waals surface area contributed by atoms with E-state index < -0.39 is 23.3 Å². The first kappa shape index (κ1) is 32.1. The van der Waals surface area contributed by atoms with Crippen molar-refractivity contribution in [1.29, 1.82) is 0 Å². The topological polar surface area (TPSA) is 110 Å². The molecule has 51 heavy (non-hydrogen) atoms. The summed E-state index contributed by atoms with van der Waals surface area (Å²) in [6.45, 7) is 6.12. The van der Waals surface area contributed by atoms with Crippen LogP contribution < -0.4 is 9.64 Å². The van der Waals surface area contributed by atoms with Crippen LogP contribution in [0.25, 0.3) is 32.9 Å². The van der Waals surface area contributed by atoms with Gasteiger partial charge in [0.25, 0.3) is 0 Å². The number of phenols is 1. The van der Waals surface area contributed by atoms with E-state index >= 15 is 8.78 Å². The molecule has 4 fully saturated rings. The Labute approximate surface area is 292 Å². The van der Waals surface area contributed by atoms with Gasteiger partial charge in [-0.2, -0.15) is 15.1 Å². The van der Waals surface area contributed by atoms with Crippen LogP contribution in [0.5, 0.6) is 11.8 Å². The lowest BCUT2D eigenvalue weighted by atomic mass is 9.66. The minimum Gasteiger partial charge on any atom is -0.508 e. The van der Waals surface area contributed by atoms with Crippen LogP contribution in [-0.2, 0) is 6.42 Å². The molecule has 5 atom stereocenters. The molecule has 0 bridgehead atoms. The van der Waals surface area contributed by atoms with E-state index in [2.05, 4.69) is 24.9 Å². The normalized spacial score (nSPS) is 25.8. The van der Waals surface area contributed by atoms with Gasteiger partial charge in [0, 0.05) is 49.9 Å². The summed E-state index contributed by atoms with van der Waals surface area (Å²) in [6.07, 6.45) is 5.42. The number of benzene rings is 2. The molecular formula is C38H38F3N7O3. The lowest BCUT2D eigenvalue weighted by molar-refractivity contribution is 0.0532. The SMILES string of the molecule is CCc1c(F)ccc2cc(O)cc(-c3ncc4c(N5C[C@H]6C[C@H](C(=O)n7ccc(C)n7)[C@H]6C5)nc(OC[C@@]56CCCN5C[C@H](F)C6)nc4c3F)c12. The maximum atomic E-state index is 17.0. The highest BCUT2D eigenvalue weighted by Gasteiger charge is 2.52. The van der Waals surface area contributed by atoms with Crippen LogP contribution in [-0.4, -0.2) is 85.1 Å². The predicted octanol–water partition coefficient (Wildman–Crippen LogP) is 6.26. The molecule has 0 amide bonds. The number of phenolic OH excluding ortho intramolecular Hbond substituents is 1. The summed E-state index contributed by atoms with van der Waals surface area (Å²) >= 11 is 0. The van der Waals surface area contributed by atoms with E-state index in [1.165, 1.54) is 29.1 Å². The summed E-state index contributed by atoms with van der Waals surface area (Å²) in [5.74, 6) is -0.762. The van der Waals surface area contributed by atoms with Gasteiger partial charge in [0.1, 0.15) is 41.4 Å². The highest BCUT2D eigenvalue weighted by atomic mass is 19.1. The average molecular weight is 698 g/mol. The van der Waals surface area contributed by atoms with Gasteiger partial charge in [0.05, 0.1) is 16.6 Å². The number of pyridine rings is 1. The Balaban J connectivity index is 1.13. The molecule has 4 aliphatic rings. The van der Waals surface area contributed by atoms with Crippen molar-refractivity contribution >= 4 is 33.4 Å². The molecule has 9 rings (SSSR count). The molecule has 13 heteroatoms. The average Bonchev–Trinajstić information content (AvgIpc) is 3.86. The number of fused-ring (bicyclic) bond motifs is 4. The van der Waals surface area contributed by atoms with Crippen molar-refractivity contribution in [1.82, 2.24) is 29.6 Å². The van der Waals surface area contributed by atoms with Crippen molar-refractivity contribution in [3.05, 3.63) is 65.6 Å². The first-order valence-corrected chi connectivity index (χ1v) is 17.8. The summed E-state index contributed by atoms with van der Waals surface area (Å²) in [5, 5.41) is 16.4. The minimum atomic E-state index is -0.940. The molecule has 3 aliphatic heterocycles. The van der Waals surface area contributed by atoms with Gasteiger partial charge in [-0.3, -0.25) is 14.7 Å². The third-order valence-corrected chi connectivity index (χ3v) is 11.8. The van der Waals surface area contributed by atoms with Crippen molar-refractivity contribution in [2.45, 2.75) is 57.7 Å². The fourth-order valence-corrected chi connectivity index (χ4v) is 9.27. The van der Waals surface area contributed by atoms with E-state index in [9.17, 15) is 14.3 Å². The van der Waals surface area contributed by atoms with Crippen molar-refractivity contribution < 1.29 is 27.8 Å². The largest absolute Gasteiger partial charge is 0.508 e. The van der Waals surface area contributed by atoms with E-state index in [-0.39, 0.29) is 58.8 Å². The molecule has 2 aromatic carbocycles. The summed E-state index contributed by atoms with van der Waals surface area (Å²) in [5.41, 5.74) is 0.833. The number of rotatable bonds is 7. The summed E-state index contributed by atoms with van der Waals surface area (Å²) in [6, 6.07) is 7.60. The minimum absolute atomic E-state index is 0.0274. The molecule has 0 radical (unpaired) electrons. The number of ether oxygens (including phenoxy) is 1. The smallest absolute Gasteiger partial charge is 0.319 e. The third kappa shape index (κ3) is 5.14. The van der Waals surface area contributed by atoms with Crippen molar-refractivity contribution in [3.8, 4) is 23.0 Å². The van der Waals surface area contributed by atoms with Crippen LogP contribution in [0.15, 0.2) is 42.7 Å². The molecule has 1 N–H and O–H groups in total. The van der Waals surface area contributed by atoms with Crippen molar-refractivity contribution in [2.24, 2.45) is 17.8 Å². The monoisotopic (exact) mass is 697 g/mol. The van der Waals surface area contributed by atoms with E-state index in [0.717, 1.165) is 25.1 Å². The number of alkyl halides is 1. The Morgan fingerprint density at radius 2 is 2.00 bits per heavy atom. The summed E-state index contributed by atoms with van der Waals surface area (Å²) in [7, 11) is 0. The van der Waals surface area contributed by atoms with Crippen LogP contribution in [0, 0.1) is 36.3 Å². The van der Waals surface area contributed by atoms with E-state index in [1.54, 1.807) is 12.3 Å². The number of hydrogen-bond donors (Lipinski definition) is 1. The number of halogens is 3. The van der Waals surface area contributed by atoms with Crippen LogP contribution in [0.3, 0.4) is 0 Å². The first-order valence-electron chi connectivity index (χ1n) is 17.8. The van der Waals surface area contributed by atoms with E-state index in [1.807, 2.05) is 19.9 Å². The van der Waals surface area contributed by atoms with Crippen molar-refractivity contribution in [3.63, 3.8) is 0 Å². The van der Waals surface area contributed by atoms with Gasteiger partial charge in [-0.25, -0.2) is 17.9 Å². The number of carbonyl (C=O) groups is 1. The molecule has 3 saturated heterocycles. The van der Waals surface area contributed by atoms with Gasteiger partial charge in [-0.15, -0.1) is 0 Å². The standard InChI is InChI=1S/C38H38F3N7O3/c1-3-25-30(40)6-5-21-11-24(49)13-27(31(21)25)33-32(41)34-28(15-42-33)35(44-37(43-34)51-19-38-8-4-9-47(38)17-23(39)14-38)46-16-22-12-26(29(22)18-46)36(50)48-10-7-20(2)45-48/h5-7,10-11,13,15,22-23,26,29,49H,3-4,8-9,12,14,16-19H2,1-2H3/t22-,23-,26+,29+,38+/m1/s1. The summed E-state index contributed by atoms with van der Waals surface area (Å²) < 4.78 is 54.3. The zero-order chi connectivity index (χ0) is 35.2. The Hall–Kier alpha value is -4.78. The maximum absolute atomic E-state index is 17.0. The molecule has 1 saturated carbocycles. The second kappa shape index (κ2) is 11.9. The Bertz CT molecular complexity index is 2230. The highest BCUT2D eigenvalue weighted by molar-refractivity contribution is 6.01. The van der Waals surface area contributed by atoms with Crippen LogP contribution in [0.2, 0.25) is 0 Å². The number of aromatic nitrogens is 5. The second-order valence-corrected chi connectivity index (χ2v) is 14.8. The van der Waals surface area contributed by atoms with Crippen LogP contribution in [0.4, 0.5) is 19.0 Å². The second-order valence-electron chi connectivity index (χ2n) is 14.8. The fraction of sp³-hybridized carbons (Fsp3) is 0.447. The highest BCUT2D eigenvalue weighted by Crippen LogP contribution is 2.49. The van der Waals surface area contributed by atoms with Crippen molar-refractivity contribution in [2.75, 3.05) is 37.7 Å². The number of anilines is 1.